The molecule has 0 radical (unpaired) electrons. The summed E-state index contributed by atoms with van der Waals surface area (Å²) in [5.74, 6) is -0.124. The molecule has 34 heavy (non-hydrogen) atoms. The summed E-state index contributed by atoms with van der Waals surface area (Å²) in [4.78, 5) is 17.1. The lowest BCUT2D eigenvalue weighted by Gasteiger charge is -2.13. The van der Waals surface area contributed by atoms with E-state index in [1.807, 2.05) is 36.3 Å². The highest BCUT2D eigenvalue weighted by Crippen LogP contribution is 2.17. The molecule has 3 N–H and O–H groups in total. The molecule has 0 saturated heterocycles. The predicted octanol–water partition coefficient (Wildman–Crippen LogP) is 4.23. The number of hydrogen-bond acceptors (Lipinski definition) is 4. The maximum Gasteiger partial charge on any atom is 0.253 e. The molecule has 4 aromatic rings. The number of pyridine rings is 1. The first-order valence-corrected chi connectivity index (χ1v) is 11.5. The van der Waals surface area contributed by atoms with Crippen molar-refractivity contribution in [1.82, 2.24) is 20.1 Å². The second kappa shape index (κ2) is 10.4. The van der Waals surface area contributed by atoms with E-state index in [2.05, 4.69) is 65.6 Å². The summed E-state index contributed by atoms with van der Waals surface area (Å²) in [5, 5.41) is 7.38. The van der Waals surface area contributed by atoms with Gasteiger partial charge < -0.3 is 11.1 Å². The minimum absolute atomic E-state index is 0.124. The van der Waals surface area contributed by atoms with Crippen molar-refractivity contribution in [3.63, 3.8) is 0 Å². The van der Waals surface area contributed by atoms with Gasteiger partial charge >= 0.3 is 0 Å². The number of rotatable bonds is 8. The third-order valence-electron chi connectivity index (χ3n) is 6.01. The first-order chi connectivity index (χ1) is 16.4. The summed E-state index contributed by atoms with van der Waals surface area (Å²) in [7, 11) is 0. The number of benzene rings is 2. The lowest BCUT2D eigenvalue weighted by molar-refractivity contribution is 0.0950. The summed E-state index contributed by atoms with van der Waals surface area (Å²) in [5.41, 5.74) is 15.4. The van der Waals surface area contributed by atoms with Crippen molar-refractivity contribution >= 4 is 5.91 Å². The highest BCUT2D eigenvalue weighted by atomic mass is 16.1. The van der Waals surface area contributed by atoms with Crippen LogP contribution in [0.5, 0.6) is 0 Å². The van der Waals surface area contributed by atoms with Crippen molar-refractivity contribution in [2.75, 3.05) is 0 Å². The van der Waals surface area contributed by atoms with Gasteiger partial charge in [0.25, 0.3) is 5.91 Å². The van der Waals surface area contributed by atoms with Crippen LogP contribution in [-0.2, 0) is 26.1 Å². The topological polar surface area (TPSA) is 85.8 Å². The van der Waals surface area contributed by atoms with Crippen LogP contribution >= 0.6 is 0 Å². The first-order valence-electron chi connectivity index (χ1n) is 11.5. The Balaban J connectivity index is 1.38. The molecule has 6 nitrogen and oxygen atoms in total. The number of aryl methyl sites for hydroxylation is 3. The Bertz CT molecular complexity index is 1270. The van der Waals surface area contributed by atoms with Crippen molar-refractivity contribution in [3.05, 3.63) is 117 Å². The number of amides is 1. The van der Waals surface area contributed by atoms with Gasteiger partial charge in [0, 0.05) is 31.7 Å². The van der Waals surface area contributed by atoms with Crippen molar-refractivity contribution < 1.29 is 4.79 Å². The van der Waals surface area contributed by atoms with Crippen LogP contribution in [0.2, 0.25) is 0 Å². The fourth-order valence-electron chi connectivity index (χ4n) is 4.20. The summed E-state index contributed by atoms with van der Waals surface area (Å²) in [6.07, 6.45) is 8.05. The molecule has 6 heteroatoms. The molecule has 174 valence electrons. The average Bonchev–Trinajstić information content (AvgIpc) is 3.24. The van der Waals surface area contributed by atoms with E-state index in [0.29, 0.717) is 25.1 Å². The van der Waals surface area contributed by atoms with Gasteiger partial charge in [0.2, 0.25) is 0 Å². The zero-order valence-corrected chi connectivity index (χ0v) is 20.0. The molecule has 0 aliphatic heterocycles. The fourth-order valence-corrected chi connectivity index (χ4v) is 4.20. The van der Waals surface area contributed by atoms with E-state index in [4.69, 9.17) is 5.73 Å². The maximum absolute atomic E-state index is 12.8. The van der Waals surface area contributed by atoms with Gasteiger partial charge in [-0.3, -0.25) is 14.5 Å². The molecule has 0 aliphatic rings. The molecule has 1 amide bonds. The van der Waals surface area contributed by atoms with Crippen LogP contribution in [0.1, 0.15) is 54.9 Å². The van der Waals surface area contributed by atoms with Crippen molar-refractivity contribution in [2.24, 2.45) is 5.73 Å². The minimum atomic E-state index is -0.124. The van der Waals surface area contributed by atoms with Gasteiger partial charge in [-0.1, -0.05) is 36.4 Å². The van der Waals surface area contributed by atoms with Crippen LogP contribution in [0.15, 0.2) is 67.3 Å². The standard InChI is InChI=1S/C28H31N5O/c1-19-13-32-33(17-19)18-23-6-4-22(5-7-23)10-25-11-26(15-30-14-25)28(34)31-16-27-20(2)8-24(12-29)9-21(27)3/h4-9,11,13-15,17H,10,12,16,18,29H2,1-3H3,(H,31,34). The van der Waals surface area contributed by atoms with Gasteiger partial charge in [-0.05, 0) is 77.8 Å². The lowest BCUT2D eigenvalue weighted by Crippen LogP contribution is -2.24. The number of nitrogens with one attached hydrogen (secondary N) is 1. The largest absolute Gasteiger partial charge is 0.348 e. The molecule has 0 atom stereocenters. The van der Waals surface area contributed by atoms with Crippen molar-refractivity contribution in [2.45, 2.75) is 46.8 Å². The van der Waals surface area contributed by atoms with E-state index in [1.54, 1.807) is 6.20 Å². The summed E-state index contributed by atoms with van der Waals surface area (Å²) in [6, 6.07) is 14.6. The molecule has 0 aliphatic carbocycles. The molecule has 0 spiro atoms. The van der Waals surface area contributed by atoms with Crippen LogP contribution < -0.4 is 11.1 Å². The smallest absolute Gasteiger partial charge is 0.253 e. The lowest BCUT2D eigenvalue weighted by atomic mass is 9.99. The molecule has 0 bridgehead atoms. The summed E-state index contributed by atoms with van der Waals surface area (Å²) < 4.78 is 1.94. The minimum Gasteiger partial charge on any atom is -0.348 e. The maximum atomic E-state index is 12.8. The van der Waals surface area contributed by atoms with Crippen molar-refractivity contribution in [3.8, 4) is 0 Å². The molecule has 0 saturated carbocycles. The van der Waals surface area contributed by atoms with Gasteiger partial charge in [0.1, 0.15) is 0 Å². The SMILES string of the molecule is Cc1cnn(Cc2ccc(Cc3cncc(C(=O)NCc4c(C)cc(CN)cc4C)c3)cc2)c1. The molecule has 2 heterocycles. The third-order valence-corrected chi connectivity index (χ3v) is 6.01. The Morgan fingerprint density at radius 1 is 0.912 bits per heavy atom. The van der Waals surface area contributed by atoms with Crippen LogP contribution in [-0.4, -0.2) is 20.7 Å². The Kier molecular flexibility index (Phi) is 7.18. The second-order valence-electron chi connectivity index (χ2n) is 8.89. The van der Waals surface area contributed by atoms with E-state index in [-0.39, 0.29) is 5.91 Å². The number of nitrogens with zero attached hydrogens (tertiary/aromatic N) is 3. The predicted molar refractivity (Wildman–Crippen MR) is 135 cm³/mol. The number of carbonyl (C=O) groups excluding carboxylic acids is 1. The summed E-state index contributed by atoms with van der Waals surface area (Å²) in [6.45, 7) is 7.88. The molecule has 4 rings (SSSR count). The van der Waals surface area contributed by atoms with Gasteiger partial charge in [0.05, 0.1) is 18.3 Å². The monoisotopic (exact) mass is 453 g/mol. The molecular formula is C28H31N5O. The Labute approximate surface area is 200 Å². The average molecular weight is 454 g/mol. The van der Waals surface area contributed by atoms with E-state index < -0.39 is 0 Å². The zero-order chi connectivity index (χ0) is 24.1. The molecule has 2 aromatic carbocycles. The molecule has 0 unspecified atom stereocenters. The molecule has 2 aromatic heterocycles. The molecular weight excluding hydrogens is 422 g/mol. The Morgan fingerprint density at radius 3 is 2.26 bits per heavy atom. The van der Waals surface area contributed by atoms with Crippen LogP contribution in [0.25, 0.3) is 0 Å². The first kappa shape index (κ1) is 23.4. The number of aromatic nitrogens is 3. The van der Waals surface area contributed by atoms with Gasteiger partial charge in [-0.2, -0.15) is 5.10 Å². The van der Waals surface area contributed by atoms with E-state index in [1.165, 1.54) is 11.1 Å². The fraction of sp³-hybridized carbons (Fsp3) is 0.250. The normalized spacial score (nSPS) is 10.9. The van der Waals surface area contributed by atoms with Crippen LogP contribution in [0.4, 0.5) is 0 Å². The highest BCUT2D eigenvalue weighted by Gasteiger charge is 2.10. The van der Waals surface area contributed by atoms with Crippen LogP contribution in [0, 0.1) is 20.8 Å². The third kappa shape index (κ3) is 5.77. The van der Waals surface area contributed by atoms with E-state index >= 15 is 0 Å². The second-order valence-corrected chi connectivity index (χ2v) is 8.89. The Hall–Kier alpha value is -3.77. The van der Waals surface area contributed by atoms with Crippen molar-refractivity contribution in [1.29, 1.82) is 0 Å². The van der Waals surface area contributed by atoms with Gasteiger partial charge in [-0.25, -0.2) is 0 Å². The van der Waals surface area contributed by atoms with Gasteiger partial charge in [0.15, 0.2) is 0 Å². The summed E-state index contributed by atoms with van der Waals surface area (Å²) >= 11 is 0. The number of nitrogens with two attached hydrogens (primary N) is 1. The van der Waals surface area contributed by atoms with Crippen LogP contribution in [0.3, 0.4) is 0 Å². The number of carbonyl (C=O) groups is 1. The number of hydrogen-bond donors (Lipinski definition) is 2. The quantitative estimate of drug-likeness (QED) is 0.418. The van der Waals surface area contributed by atoms with E-state index in [0.717, 1.165) is 39.9 Å². The van der Waals surface area contributed by atoms with E-state index in [9.17, 15) is 4.79 Å². The highest BCUT2D eigenvalue weighted by molar-refractivity contribution is 5.94. The molecule has 0 fully saturated rings. The zero-order valence-electron chi connectivity index (χ0n) is 20.0. The van der Waals surface area contributed by atoms with Gasteiger partial charge in [-0.15, -0.1) is 0 Å². The Morgan fingerprint density at radius 2 is 1.62 bits per heavy atom.